The highest BCUT2D eigenvalue weighted by molar-refractivity contribution is 6.21. The second-order valence-electron chi connectivity index (χ2n) is 7.49. The van der Waals surface area contributed by atoms with E-state index in [1.165, 1.54) is 17.7 Å². The van der Waals surface area contributed by atoms with Gasteiger partial charge in [0.1, 0.15) is 0 Å². The number of rotatable bonds is 5. The molecule has 1 saturated carbocycles. The Bertz CT molecular complexity index is 890. The molecule has 4 rings (SSSR count). The summed E-state index contributed by atoms with van der Waals surface area (Å²) in [6.45, 7) is 3.22. The van der Waals surface area contributed by atoms with Crippen LogP contribution >= 0.6 is 0 Å². The van der Waals surface area contributed by atoms with Gasteiger partial charge in [0, 0.05) is 24.8 Å². The standard InChI is InChI=1S/C21H22N2O3/c1-14-11-15(12-14)13-22-9-4-5-16(19(22)24)8-10-23-20(25)17-6-2-3-7-18(17)21(23)26/h2-7,9,14-15H,8,10-13H2,1H3. The molecule has 2 aromatic rings. The van der Waals surface area contributed by atoms with Crippen LogP contribution in [0.25, 0.3) is 0 Å². The molecule has 1 aliphatic heterocycles. The van der Waals surface area contributed by atoms with Crippen LogP contribution in [0.1, 0.15) is 46.0 Å². The molecule has 1 fully saturated rings. The highest BCUT2D eigenvalue weighted by atomic mass is 16.2. The first-order chi connectivity index (χ1) is 12.5. The van der Waals surface area contributed by atoms with Gasteiger partial charge < -0.3 is 4.57 Å². The topological polar surface area (TPSA) is 59.4 Å². The Morgan fingerprint density at radius 2 is 1.62 bits per heavy atom. The lowest BCUT2D eigenvalue weighted by Crippen LogP contribution is -2.35. The largest absolute Gasteiger partial charge is 0.315 e. The third-order valence-electron chi connectivity index (χ3n) is 5.51. The third kappa shape index (κ3) is 2.87. The number of pyridine rings is 1. The highest BCUT2D eigenvalue weighted by Crippen LogP contribution is 2.33. The summed E-state index contributed by atoms with van der Waals surface area (Å²) in [4.78, 5) is 38.8. The number of carbonyl (C=O) groups excluding carboxylic acids is 2. The van der Waals surface area contributed by atoms with Crippen LogP contribution in [0.3, 0.4) is 0 Å². The molecule has 5 nitrogen and oxygen atoms in total. The first kappa shape index (κ1) is 16.8. The molecular weight excluding hydrogens is 328 g/mol. The molecule has 0 saturated heterocycles. The highest BCUT2D eigenvalue weighted by Gasteiger charge is 2.34. The number of benzene rings is 1. The van der Waals surface area contributed by atoms with Gasteiger partial charge in [-0.1, -0.05) is 25.1 Å². The van der Waals surface area contributed by atoms with Gasteiger partial charge in [0.05, 0.1) is 11.1 Å². The normalized spacial score (nSPS) is 21.7. The molecule has 0 radical (unpaired) electrons. The number of hydrogen-bond donors (Lipinski definition) is 0. The summed E-state index contributed by atoms with van der Waals surface area (Å²) < 4.78 is 1.77. The molecule has 134 valence electrons. The molecule has 5 heteroatoms. The number of carbonyl (C=O) groups is 2. The lowest BCUT2D eigenvalue weighted by molar-refractivity contribution is 0.0656. The summed E-state index contributed by atoms with van der Waals surface area (Å²) in [6, 6.07) is 10.5. The van der Waals surface area contributed by atoms with Crippen LogP contribution < -0.4 is 5.56 Å². The molecule has 0 N–H and O–H groups in total. The quantitative estimate of drug-likeness (QED) is 0.779. The first-order valence-corrected chi connectivity index (χ1v) is 9.18. The van der Waals surface area contributed by atoms with Gasteiger partial charge in [0.15, 0.2) is 0 Å². The van der Waals surface area contributed by atoms with Crippen LogP contribution in [0.5, 0.6) is 0 Å². The zero-order chi connectivity index (χ0) is 18.3. The monoisotopic (exact) mass is 350 g/mol. The van der Waals surface area contributed by atoms with Gasteiger partial charge in [-0.25, -0.2) is 0 Å². The average Bonchev–Trinajstić information content (AvgIpc) is 2.86. The van der Waals surface area contributed by atoms with E-state index in [0.29, 0.717) is 29.0 Å². The Hall–Kier alpha value is -2.69. The molecule has 1 aliphatic carbocycles. The van der Waals surface area contributed by atoms with Crippen LogP contribution in [-0.4, -0.2) is 27.8 Å². The fourth-order valence-corrected chi connectivity index (χ4v) is 4.09. The second kappa shape index (κ2) is 6.56. The van der Waals surface area contributed by atoms with Crippen LogP contribution in [0.2, 0.25) is 0 Å². The maximum absolute atomic E-state index is 12.7. The fraction of sp³-hybridized carbons (Fsp3) is 0.381. The van der Waals surface area contributed by atoms with E-state index in [4.69, 9.17) is 0 Å². The van der Waals surface area contributed by atoms with Crippen LogP contribution in [0.4, 0.5) is 0 Å². The molecule has 2 amide bonds. The molecule has 0 spiro atoms. The summed E-state index contributed by atoms with van der Waals surface area (Å²) in [7, 11) is 0. The number of imide groups is 1. The lowest BCUT2D eigenvalue weighted by atomic mass is 9.76. The Balaban J connectivity index is 1.46. The minimum atomic E-state index is -0.273. The van der Waals surface area contributed by atoms with Gasteiger partial charge in [-0.2, -0.15) is 0 Å². The molecule has 1 aromatic heterocycles. The zero-order valence-electron chi connectivity index (χ0n) is 14.9. The SMILES string of the molecule is CC1CC(Cn2cccc(CCN3C(=O)c4ccccc4C3=O)c2=O)C1. The van der Waals surface area contributed by atoms with Crippen molar-refractivity contribution in [2.75, 3.05) is 6.54 Å². The second-order valence-corrected chi connectivity index (χ2v) is 7.49. The molecular formula is C21H22N2O3. The number of hydrogen-bond acceptors (Lipinski definition) is 3. The van der Waals surface area contributed by atoms with Gasteiger partial charge in [-0.05, 0) is 49.3 Å². The Kier molecular flexibility index (Phi) is 4.23. The lowest BCUT2D eigenvalue weighted by Gasteiger charge is -2.33. The average molecular weight is 350 g/mol. The van der Waals surface area contributed by atoms with Crippen molar-refractivity contribution in [1.29, 1.82) is 0 Å². The number of nitrogens with zero attached hydrogens (tertiary/aromatic N) is 2. The predicted molar refractivity (Wildman–Crippen MR) is 98.1 cm³/mol. The molecule has 2 aliphatic rings. The van der Waals surface area contributed by atoms with Gasteiger partial charge in [0.25, 0.3) is 17.4 Å². The van der Waals surface area contributed by atoms with Crippen molar-refractivity contribution in [3.05, 3.63) is 69.6 Å². The molecule has 26 heavy (non-hydrogen) atoms. The molecule has 0 bridgehead atoms. The molecule has 0 atom stereocenters. The zero-order valence-corrected chi connectivity index (χ0v) is 14.9. The number of aromatic nitrogens is 1. The van der Waals surface area contributed by atoms with Gasteiger partial charge in [-0.3, -0.25) is 19.3 Å². The van der Waals surface area contributed by atoms with Crippen LogP contribution in [0, 0.1) is 11.8 Å². The molecule has 2 heterocycles. The van der Waals surface area contributed by atoms with Crippen molar-refractivity contribution < 1.29 is 9.59 Å². The van der Waals surface area contributed by atoms with Gasteiger partial charge >= 0.3 is 0 Å². The smallest absolute Gasteiger partial charge is 0.261 e. The van der Waals surface area contributed by atoms with Crippen LogP contribution in [0.15, 0.2) is 47.4 Å². The first-order valence-electron chi connectivity index (χ1n) is 9.18. The van der Waals surface area contributed by atoms with E-state index >= 15 is 0 Å². The summed E-state index contributed by atoms with van der Waals surface area (Å²) in [5, 5.41) is 0. The minimum absolute atomic E-state index is 0.0105. The third-order valence-corrected chi connectivity index (χ3v) is 5.51. The van der Waals surface area contributed by atoms with Crippen LogP contribution in [-0.2, 0) is 13.0 Å². The number of fused-ring (bicyclic) bond motifs is 1. The van der Waals surface area contributed by atoms with Crippen molar-refractivity contribution in [2.45, 2.75) is 32.7 Å². The van der Waals surface area contributed by atoms with Crippen molar-refractivity contribution in [1.82, 2.24) is 9.47 Å². The van der Waals surface area contributed by atoms with E-state index in [1.807, 2.05) is 12.3 Å². The summed E-state index contributed by atoms with van der Waals surface area (Å²) in [6.07, 6.45) is 4.56. The van der Waals surface area contributed by atoms with Gasteiger partial charge in [0.2, 0.25) is 0 Å². The fourth-order valence-electron chi connectivity index (χ4n) is 4.09. The van der Waals surface area contributed by atoms with E-state index in [-0.39, 0.29) is 23.9 Å². The Morgan fingerprint density at radius 3 is 2.23 bits per heavy atom. The molecule has 1 aromatic carbocycles. The Morgan fingerprint density at radius 1 is 0.962 bits per heavy atom. The van der Waals surface area contributed by atoms with Crippen molar-refractivity contribution in [3.63, 3.8) is 0 Å². The van der Waals surface area contributed by atoms with E-state index in [2.05, 4.69) is 6.92 Å². The van der Waals surface area contributed by atoms with Crippen molar-refractivity contribution in [3.8, 4) is 0 Å². The van der Waals surface area contributed by atoms with Gasteiger partial charge in [-0.15, -0.1) is 0 Å². The van der Waals surface area contributed by atoms with E-state index in [9.17, 15) is 14.4 Å². The Labute approximate surface area is 152 Å². The summed E-state index contributed by atoms with van der Waals surface area (Å²) >= 11 is 0. The predicted octanol–water partition coefficient (Wildman–Crippen LogP) is 2.73. The van der Waals surface area contributed by atoms with Crippen molar-refractivity contribution >= 4 is 11.8 Å². The van der Waals surface area contributed by atoms with Crippen molar-refractivity contribution in [2.24, 2.45) is 11.8 Å². The van der Waals surface area contributed by atoms with E-state index in [1.54, 1.807) is 34.9 Å². The van der Waals surface area contributed by atoms with E-state index in [0.717, 1.165) is 12.5 Å². The summed E-state index contributed by atoms with van der Waals surface area (Å²) in [5.74, 6) is 0.789. The molecule has 0 unspecified atom stereocenters. The number of amides is 2. The summed E-state index contributed by atoms with van der Waals surface area (Å²) in [5.41, 5.74) is 1.53. The minimum Gasteiger partial charge on any atom is -0.315 e. The maximum atomic E-state index is 12.7. The maximum Gasteiger partial charge on any atom is 0.261 e. The van der Waals surface area contributed by atoms with E-state index < -0.39 is 0 Å².